The van der Waals surface area contributed by atoms with E-state index in [4.69, 9.17) is 8.83 Å². The van der Waals surface area contributed by atoms with Crippen LogP contribution >= 0.6 is 0 Å². The largest absolute Gasteiger partial charge is 0.456 e. The van der Waals surface area contributed by atoms with Crippen molar-refractivity contribution in [3.05, 3.63) is 247 Å². The fourth-order valence-corrected chi connectivity index (χ4v) is 10.5. The lowest BCUT2D eigenvalue weighted by atomic mass is 9.67. The van der Waals surface area contributed by atoms with E-state index >= 15 is 0 Å². The Hall–Kier alpha value is -8.14. The van der Waals surface area contributed by atoms with Crippen molar-refractivity contribution < 1.29 is 8.83 Å². The number of fused-ring (bicyclic) bond motifs is 11. The highest BCUT2D eigenvalue weighted by Crippen LogP contribution is 2.58. The van der Waals surface area contributed by atoms with E-state index in [1.165, 1.54) is 44.2 Å². The first-order valence-corrected chi connectivity index (χ1v) is 21.2. The second kappa shape index (κ2) is 13.4. The van der Waals surface area contributed by atoms with Crippen molar-refractivity contribution in [3.8, 4) is 22.3 Å². The van der Waals surface area contributed by atoms with E-state index in [9.17, 15) is 0 Å². The van der Waals surface area contributed by atoms with E-state index in [1.807, 2.05) is 18.2 Å². The number of anilines is 3. The molecule has 12 aromatic rings. The minimum atomic E-state index is -0.555. The van der Waals surface area contributed by atoms with Crippen molar-refractivity contribution in [1.29, 1.82) is 0 Å². The minimum absolute atomic E-state index is 0.555. The average Bonchev–Trinajstić information content (AvgIpc) is 4.00. The molecule has 3 heteroatoms. The molecular formula is C59H37NO2. The molecule has 13 rings (SSSR count). The van der Waals surface area contributed by atoms with E-state index in [0.29, 0.717) is 0 Å². The molecule has 10 aromatic carbocycles. The molecule has 0 unspecified atom stereocenters. The van der Waals surface area contributed by atoms with Gasteiger partial charge in [-0.25, -0.2) is 0 Å². The number of hydrogen-bond donors (Lipinski definition) is 0. The highest BCUT2D eigenvalue weighted by Gasteiger charge is 2.46. The molecule has 3 nitrogen and oxygen atoms in total. The summed E-state index contributed by atoms with van der Waals surface area (Å²) in [4.78, 5) is 2.40. The van der Waals surface area contributed by atoms with Crippen molar-refractivity contribution in [2.24, 2.45) is 0 Å². The summed E-state index contributed by atoms with van der Waals surface area (Å²) in [5.74, 6) is 0. The lowest BCUT2D eigenvalue weighted by Crippen LogP contribution is -2.28. The first-order chi connectivity index (χ1) is 30.8. The van der Waals surface area contributed by atoms with Gasteiger partial charge in [0.2, 0.25) is 0 Å². The molecule has 0 atom stereocenters. The minimum Gasteiger partial charge on any atom is -0.456 e. The Labute approximate surface area is 358 Å². The molecule has 0 spiro atoms. The van der Waals surface area contributed by atoms with Crippen LogP contribution in [0.1, 0.15) is 22.3 Å². The number of rotatable bonds is 6. The van der Waals surface area contributed by atoms with Crippen LogP contribution in [0, 0.1) is 0 Å². The molecule has 290 valence electrons. The molecule has 0 radical (unpaired) electrons. The summed E-state index contributed by atoms with van der Waals surface area (Å²) in [6.45, 7) is 0. The highest BCUT2D eigenvalue weighted by molar-refractivity contribution is 6.27. The highest BCUT2D eigenvalue weighted by atomic mass is 16.3. The predicted molar refractivity (Wildman–Crippen MR) is 256 cm³/mol. The molecule has 0 N–H and O–H groups in total. The van der Waals surface area contributed by atoms with Crippen molar-refractivity contribution in [2.75, 3.05) is 4.90 Å². The molecule has 0 saturated carbocycles. The van der Waals surface area contributed by atoms with Crippen LogP contribution in [-0.4, -0.2) is 0 Å². The van der Waals surface area contributed by atoms with Gasteiger partial charge < -0.3 is 13.7 Å². The Morgan fingerprint density at radius 3 is 1.74 bits per heavy atom. The Kier molecular flexibility index (Phi) is 7.52. The summed E-state index contributed by atoms with van der Waals surface area (Å²) in [6.07, 6.45) is 0. The number of benzene rings is 10. The summed E-state index contributed by atoms with van der Waals surface area (Å²) < 4.78 is 13.6. The van der Waals surface area contributed by atoms with Gasteiger partial charge >= 0.3 is 0 Å². The van der Waals surface area contributed by atoms with Gasteiger partial charge in [-0.15, -0.1) is 0 Å². The zero-order valence-corrected chi connectivity index (χ0v) is 33.6. The number of para-hydroxylation sites is 2. The predicted octanol–water partition coefficient (Wildman–Crippen LogP) is 16.1. The fourth-order valence-electron chi connectivity index (χ4n) is 10.5. The monoisotopic (exact) mass is 791 g/mol. The van der Waals surface area contributed by atoms with Crippen LogP contribution in [0.5, 0.6) is 0 Å². The van der Waals surface area contributed by atoms with Gasteiger partial charge in [0.15, 0.2) is 5.58 Å². The Morgan fingerprint density at radius 2 is 0.952 bits per heavy atom. The molecule has 1 aliphatic carbocycles. The van der Waals surface area contributed by atoms with E-state index < -0.39 is 5.41 Å². The summed E-state index contributed by atoms with van der Waals surface area (Å²) >= 11 is 0. The van der Waals surface area contributed by atoms with E-state index in [1.54, 1.807) is 0 Å². The van der Waals surface area contributed by atoms with Gasteiger partial charge in [0, 0.05) is 32.9 Å². The lowest BCUT2D eigenvalue weighted by molar-refractivity contribution is 0.663. The standard InChI is InChI=1S/C59H37NO2/c1-4-19-40(20-5-1)59(41-21-6-2-7-22-41)50-29-14-12-26-46(50)47-32-31-43(37-51(47)59)60(42-23-8-3-9-24-42)52-36-39(45-28-16-18-38-17-10-11-25-44(38)45)35-49-57-55(62-58(49)52)34-33-54-56(57)48-27-13-15-30-53(48)61-54/h1-37H. The first-order valence-electron chi connectivity index (χ1n) is 21.2. The third-order valence-electron chi connectivity index (χ3n) is 13.1. The van der Waals surface area contributed by atoms with Gasteiger partial charge in [0.1, 0.15) is 16.7 Å². The van der Waals surface area contributed by atoms with Crippen molar-refractivity contribution in [2.45, 2.75) is 5.41 Å². The van der Waals surface area contributed by atoms with Crippen LogP contribution in [0.4, 0.5) is 17.1 Å². The second-order valence-corrected chi connectivity index (χ2v) is 16.3. The van der Waals surface area contributed by atoms with E-state index in [-0.39, 0.29) is 0 Å². The quantitative estimate of drug-likeness (QED) is 0.168. The zero-order chi connectivity index (χ0) is 40.8. The van der Waals surface area contributed by atoms with E-state index in [2.05, 4.69) is 211 Å². The van der Waals surface area contributed by atoms with Crippen LogP contribution in [0.25, 0.3) is 76.9 Å². The molecule has 0 amide bonds. The summed E-state index contributed by atoms with van der Waals surface area (Å²) in [5, 5.41) is 6.62. The topological polar surface area (TPSA) is 29.5 Å². The summed E-state index contributed by atoms with van der Waals surface area (Å²) in [6, 6.07) is 81.1. The maximum absolute atomic E-state index is 7.15. The molecule has 1 aliphatic rings. The van der Waals surface area contributed by atoms with Gasteiger partial charge in [0.25, 0.3) is 0 Å². The van der Waals surface area contributed by atoms with Crippen LogP contribution in [0.15, 0.2) is 233 Å². The smallest absolute Gasteiger partial charge is 0.159 e. The fraction of sp³-hybridized carbons (Fsp3) is 0.0169. The van der Waals surface area contributed by atoms with Gasteiger partial charge in [-0.2, -0.15) is 0 Å². The van der Waals surface area contributed by atoms with Crippen molar-refractivity contribution in [1.82, 2.24) is 0 Å². The molecule has 2 aromatic heterocycles. The van der Waals surface area contributed by atoms with Gasteiger partial charge in [-0.1, -0.05) is 170 Å². The van der Waals surface area contributed by atoms with Gasteiger partial charge in [-0.05, 0) is 110 Å². The lowest BCUT2D eigenvalue weighted by Gasteiger charge is -2.35. The van der Waals surface area contributed by atoms with Crippen LogP contribution in [0.2, 0.25) is 0 Å². The SMILES string of the molecule is c1ccc(N(c2ccc3c(c2)C(c2ccccc2)(c2ccccc2)c2ccccc2-3)c2cc(-c3cccc4ccccc34)cc3c2oc2ccc4oc5ccccc5c4c23)cc1. The maximum atomic E-state index is 7.15. The normalized spacial score (nSPS) is 13.0. The first kappa shape index (κ1) is 34.7. The van der Waals surface area contributed by atoms with Crippen LogP contribution < -0.4 is 4.90 Å². The number of furan rings is 2. The maximum Gasteiger partial charge on any atom is 0.159 e. The third kappa shape index (κ3) is 4.94. The zero-order valence-electron chi connectivity index (χ0n) is 33.6. The van der Waals surface area contributed by atoms with E-state index in [0.717, 1.165) is 72.1 Å². The Morgan fingerprint density at radius 1 is 0.355 bits per heavy atom. The molecule has 0 bridgehead atoms. The third-order valence-corrected chi connectivity index (χ3v) is 13.1. The Balaban J connectivity index is 1.15. The number of hydrogen-bond acceptors (Lipinski definition) is 3. The van der Waals surface area contributed by atoms with Crippen molar-refractivity contribution >= 4 is 71.7 Å². The molecule has 0 aliphatic heterocycles. The van der Waals surface area contributed by atoms with Crippen LogP contribution in [-0.2, 0) is 5.41 Å². The molecule has 62 heavy (non-hydrogen) atoms. The van der Waals surface area contributed by atoms with Gasteiger partial charge in [-0.3, -0.25) is 0 Å². The molecule has 2 heterocycles. The second-order valence-electron chi connectivity index (χ2n) is 16.3. The molecular weight excluding hydrogens is 755 g/mol. The van der Waals surface area contributed by atoms with Crippen molar-refractivity contribution in [3.63, 3.8) is 0 Å². The average molecular weight is 792 g/mol. The Bertz CT molecular complexity index is 3650. The molecule has 0 saturated heterocycles. The molecule has 0 fully saturated rings. The number of nitrogens with zero attached hydrogens (tertiary/aromatic N) is 1. The summed E-state index contributed by atoms with van der Waals surface area (Å²) in [7, 11) is 0. The van der Waals surface area contributed by atoms with Crippen LogP contribution in [0.3, 0.4) is 0 Å². The summed E-state index contributed by atoms with van der Waals surface area (Å²) in [5.41, 5.74) is 15.5. The van der Waals surface area contributed by atoms with Gasteiger partial charge in [0.05, 0.1) is 11.1 Å².